The smallest absolute Gasteiger partial charge is 0.463 e. The summed E-state index contributed by atoms with van der Waals surface area (Å²) in [4.78, 5) is 66.2. The van der Waals surface area contributed by atoms with Gasteiger partial charge in [0, 0.05) is 25.7 Å². The van der Waals surface area contributed by atoms with Gasteiger partial charge in [-0.2, -0.15) is 0 Å². The number of hydrogen-bond donors (Lipinski definition) is 10. The number of rotatable bonds is 70. The summed E-state index contributed by atoms with van der Waals surface area (Å²) in [6, 6.07) is 0. The summed E-state index contributed by atoms with van der Waals surface area (Å²) in [6.07, 6.45) is 22.2. The number of hydrogen-bond acceptors (Lipinski definition) is 24. The minimum atomic E-state index is -5.80. The van der Waals surface area contributed by atoms with Crippen LogP contribution in [0.5, 0.6) is 0 Å². The maximum atomic E-state index is 14.8. The lowest BCUT2D eigenvalue weighted by atomic mass is 9.84. The van der Waals surface area contributed by atoms with E-state index < -0.39 is 162 Å². The Morgan fingerprint density at radius 3 is 1.08 bits per heavy atom. The van der Waals surface area contributed by atoms with Crippen molar-refractivity contribution in [2.24, 2.45) is 0 Å². The third-order valence-electron chi connectivity index (χ3n) is 21.4. The molecular weight excluding hydrogens is 1450 g/mol. The number of allylic oxidation sites excluding steroid dienone is 4. The number of ether oxygens (including phenoxy) is 8. The van der Waals surface area contributed by atoms with Gasteiger partial charge in [0.2, 0.25) is 0 Å². The number of unbranched alkanes of at least 4 members (excludes halogenated alkanes) is 42. The van der Waals surface area contributed by atoms with Crippen LogP contribution in [0.4, 0.5) is 0 Å². The molecule has 10 N–H and O–H groups in total. The van der Waals surface area contributed by atoms with E-state index in [4.69, 9.17) is 46.9 Å². The van der Waals surface area contributed by atoms with Crippen LogP contribution in [0.2, 0.25) is 0 Å². The van der Waals surface area contributed by atoms with Crippen LogP contribution >= 0.6 is 7.82 Å². The highest BCUT2D eigenvalue weighted by molar-refractivity contribution is 7.47. The highest BCUT2D eigenvalue weighted by Crippen LogP contribution is 2.49. The molecule has 1 aliphatic carbocycles. The topological polar surface area (TPSA) is 380 Å². The molecule has 650 valence electrons. The molecule has 0 amide bonds. The molecule has 0 bridgehead atoms. The van der Waals surface area contributed by atoms with Crippen LogP contribution in [0.15, 0.2) is 24.3 Å². The number of aliphatic hydroxyl groups excluding tert-OH is 9. The third-order valence-corrected chi connectivity index (χ3v) is 22.4. The molecular formula is C85H155O25P. The van der Waals surface area contributed by atoms with Gasteiger partial charge in [0.05, 0.1) is 13.2 Å². The van der Waals surface area contributed by atoms with Crippen molar-refractivity contribution >= 4 is 31.7 Å². The summed E-state index contributed by atoms with van der Waals surface area (Å²) >= 11 is 0. The fourth-order valence-corrected chi connectivity index (χ4v) is 15.3. The van der Waals surface area contributed by atoms with Gasteiger partial charge in [0.1, 0.15) is 92.6 Å². The largest absolute Gasteiger partial charge is 0.472 e. The van der Waals surface area contributed by atoms with E-state index in [2.05, 4.69) is 52.0 Å². The number of aliphatic hydroxyl groups is 9. The van der Waals surface area contributed by atoms with Crippen molar-refractivity contribution in [2.45, 2.75) is 466 Å². The molecule has 25 nitrogen and oxygen atoms in total. The summed E-state index contributed by atoms with van der Waals surface area (Å²) < 4.78 is 73.1. The maximum absolute atomic E-state index is 14.8. The highest BCUT2D eigenvalue weighted by atomic mass is 31.2. The second-order valence-corrected chi connectivity index (χ2v) is 32.8. The lowest BCUT2D eigenvalue weighted by Crippen LogP contribution is -2.70. The van der Waals surface area contributed by atoms with Crippen LogP contribution < -0.4 is 0 Å². The molecule has 0 aromatic heterocycles. The summed E-state index contributed by atoms with van der Waals surface area (Å²) in [5, 5.41) is 102. The van der Waals surface area contributed by atoms with Gasteiger partial charge in [-0.1, -0.05) is 283 Å². The van der Waals surface area contributed by atoms with Gasteiger partial charge in [-0.25, -0.2) is 4.57 Å². The van der Waals surface area contributed by atoms with Crippen molar-refractivity contribution in [1.29, 1.82) is 0 Å². The average molecular weight is 1610 g/mol. The van der Waals surface area contributed by atoms with Crippen molar-refractivity contribution in [2.75, 3.05) is 26.4 Å². The van der Waals surface area contributed by atoms with Gasteiger partial charge in [-0.3, -0.25) is 28.2 Å². The number of esters is 4. The zero-order valence-corrected chi connectivity index (χ0v) is 69.7. The fourth-order valence-electron chi connectivity index (χ4n) is 14.4. The van der Waals surface area contributed by atoms with Gasteiger partial charge >= 0.3 is 31.7 Å². The predicted molar refractivity (Wildman–Crippen MR) is 426 cm³/mol. The molecule has 3 fully saturated rings. The van der Waals surface area contributed by atoms with Crippen molar-refractivity contribution in [1.82, 2.24) is 0 Å². The molecule has 18 unspecified atom stereocenters. The Hall–Kier alpha value is -3.05. The molecule has 26 heteroatoms. The second kappa shape index (κ2) is 65.0. The van der Waals surface area contributed by atoms with Crippen molar-refractivity contribution < 1.29 is 122 Å². The summed E-state index contributed by atoms with van der Waals surface area (Å²) in [7, 11) is -5.80. The summed E-state index contributed by atoms with van der Waals surface area (Å²) in [6.45, 7) is 5.52. The molecule has 18 atom stereocenters. The molecule has 2 saturated heterocycles. The molecule has 3 aliphatic rings. The van der Waals surface area contributed by atoms with E-state index in [1.54, 1.807) is 0 Å². The van der Waals surface area contributed by atoms with Crippen LogP contribution in [0.3, 0.4) is 0 Å². The lowest BCUT2D eigenvalue weighted by molar-refractivity contribution is -0.360. The minimum absolute atomic E-state index is 0.0141. The molecule has 0 spiro atoms. The number of carbonyl (C=O) groups is 4. The predicted octanol–water partition coefficient (Wildman–Crippen LogP) is 15.0. The fraction of sp³-hybridized carbons (Fsp3) is 0.906. The van der Waals surface area contributed by atoms with E-state index >= 15 is 0 Å². The third kappa shape index (κ3) is 46.0. The van der Waals surface area contributed by atoms with Crippen molar-refractivity contribution in [3.05, 3.63) is 24.3 Å². The average Bonchev–Trinajstić information content (AvgIpc) is 0.754. The summed E-state index contributed by atoms with van der Waals surface area (Å²) in [5.41, 5.74) is 0. The number of carbonyl (C=O) groups excluding carboxylic acids is 4. The summed E-state index contributed by atoms with van der Waals surface area (Å²) in [5.74, 6) is -3.00. The SMILES string of the molecule is CCCCCCCC/C=C\CCCCCC(=O)OCC(COP(=O)(O)OC1C(OC2OC(CO)C(O)C(O)C2O)C(O)C(O)C(OC(=O)CCCCC/C=C\CCCCCCCC)C1OC1OC(COC(=O)CCCCCCCCCCCCCCC)C(O)C(O)C1O)OC(=O)CCCCCCCCCCCCCCC. The van der Waals surface area contributed by atoms with Gasteiger partial charge in [-0.05, 0) is 77.0 Å². The molecule has 111 heavy (non-hydrogen) atoms. The number of phosphoric ester groups is 1. The Kier molecular flexibility index (Phi) is 59.8. The zero-order valence-electron chi connectivity index (χ0n) is 68.8. The van der Waals surface area contributed by atoms with Gasteiger partial charge in [-0.15, -0.1) is 0 Å². The Morgan fingerprint density at radius 1 is 0.351 bits per heavy atom. The monoisotopic (exact) mass is 1610 g/mol. The van der Waals surface area contributed by atoms with Gasteiger partial charge in [0.25, 0.3) is 0 Å². The van der Waals surface area contributed by atoms with E-state index in [-0.39, 0.29) is 32.1 Å². The Labute approximate surface area is 666 Å². The first-order valence-electron chi connectivity index (χ1n) is 44.1. The standard InChI is InChI=1S/C85H155O25P/c1-5-9-13-17-21-25-29-33-37-41-45-49-53-57-68(87)101-62-65(104-70(89)59-55-51-47-43-39-35-31-27-23-19-15-11-7-3)63-103-111(99,100)110-83-81(108-84-78(97)74(93)72(91)66(61-86)105-84)77(96)76(95)80(107-71(90)60-56-52-48-44-40-36-32-28-24-20-16-12-8-4)82(83)109-85-79(98)75(94)73(92)67(106-85)64-102-69(88)58-54-50-46-42-38-34-30-26-22-18-14-10-6-2/h33,36-37,40,65-67,72-86,91-98H,5-32,34-35,38-39,41-64H2,1-4H3,(H,99,100)/b37-33-,40-36-. The lowest BCUT2D eigenvalue weighted by Gasteiger charge is -2.50. The molecule has 1 saturated carbocycles. The molecule has 0 radical (unpaired) electrons. The van der Waals surface area contributed by atoms with E-state index in [0.717, 1.165) is 122 Å². The van der Waals surface area contributed by atoms with Gasteiger partial charge < -0.3 is 88.7 Å². The van der Waals surface area contributed by atoms with Crippen LogP contribution in [-0.4, -0.2) is 205 Å². The first-order valence-corrected chi connectivity index (χ1v) is 45.6. The van der Waals surface area contributed by atoms with Crippen LogP contribution in [0.1, 0.15) is 362 Å². The van der Waals surface area contributed by atoms with Crippen LogP contribution in [0.25, 0.3) is 0 Å². The first kappa shape index (κ1) is 102. The number of phosphoric acid groups is 1. The van der Waals surface area contributed by atoms with Crippen LogP contribution in [-0.2, 0) is 70.7 Å². The van der Waals surface area contributed by atoms with Crippen molar-refractivity contribution in [3.63, 3.8) is 0 Å². The normalized spacial score (nSPS) is 25.8. The van der Waals surface area contributed by atoms with E-state index in [9.17, 15) is 74.6 Å². The molecule has 0 aromatic carbocycles. The maximum Gasteiger partial charge on any atom is 0.472 e. The Bertz CT molecular complexity index is 2420. The molecule has 2 heterocycles. The van der Waals surface area contributed by atoms with Gasteiger partial charge in [0.15, 0.2) is 24.8 Å². The van der Waals surface area contributed by atoms with Crippen molar-refractivity contribution in [3.8, 4) is 0 Å². The minimum Gasteiger partial charge on any atom is -0.463 e. The Balaban J connectivity index is 1.95. The van der Waals surface area contributed by atoms with E-state index in [1.807, 2.05) is 0 Å². The first-order chi connectivity index (χ1) is 53.7. The Morgan fingerprint density at radius 2 is 0.676 bits per heavy atom. The van der Waals surface area contributed by atoms with E-state index in [0.29, 0.717) is 32.1 Å². The zero-order chi connectivity index (χ0) is 81.1. The highest BCUT2D eigenvalue weighted by Gasteiger charge is 2.60. The van der Waals surface area contributed by atoms with Crippen LogP contribution in [0, 0.1) is 0 Å². The molecule has 3 rings (SSSR count). The molecule has 2 aliphatic heterocycles. The molecule has 0 aromatic rings. The van der Waals surface area contributed by atoms with E-state index in [1.165, 1.54) is 148 Å². The quantitative estimate of drug-likeness (QED) is 0.00889. The second-order valence-electron chi connectivity index (χ2n) is 31.4.